The first-order chi connectivity index (χ1) is 8.86. The molecule has 1 aliphatic heterocycles. The second-order valence-electron chi connectivity index (χ2n) is 5.62. The second kappa shape index (κ2) is 5.41. The lowest BCUT2D eigenvalue weighted by Crippen LogP contribution is -2.33. The van der Waals surface area contributed by atoms with E-state index in [0.29, 0.717) is 6.04 Å². The molecule has 1 atom stereocenters. The maximum absolute atomic E-state index is 4.32. The molecule has 100 valence electrons. The van der Waals surface area contributed by atoms with Crippen molar-refractivity contribution in [2.24, 2.45) is 0 Å². The molecule has 0 amide bonds. The van der Waals surface area contributed by atoms with Gasteiger partial charge in [-0.2, -0.15) is 0 Å². The van der Waals surface area contributed by atoms with Crippen molar-refractivity contribution in [2.75, 3.05) is 13.1 Å². The molecule has 4 heteroatoms. The first kappa shape index (κ1) is 12.2. The molecule has 0 bridgehead atoms. The molecule has 1 unspecified atom stereocenters. The molecule has 3 rings (SSSR count). The Morgan fingerprint density at radius 1 is 1.39 bits per heavy atom. The van der Waals surface area contributed by atoms with Crippen molar-refractivity contribution in [1.29, 1.82) is 0 Å². The maximum Gasteiger partial charge on any atom is 0.0949 e. The van der Waals surface area contributed by atoms with Crippen LogP contribution in [0.5, 0.6) is 0 Å². The van der Waals surface area contributed by atoms with Gasteiger partial charge >= 0.3 is 0 Å². The average Bonchev–Trinajstić information content (AvgIpc) is 2.94. The van der Waals surface area contributed by atoms with E-state index in [0.717, 1.165) is 19.1 Å². The maximum atomic E-state index is 4.32. The van der Waals surface area contributed by atoms with Gasteiger partial charge in [0.15, 0.2) is 0 Å². The summed E-state index contributed by atoms with van der Waals surface area (Å²) in [4.78, 5) is 6.91. The van der Waals surface area contributed by atoms with Crippen molar-refractivity contribution < 1.29 is 0 Å². The van der Waals surface area contributed by atoms with Crippen LogP contribution in [0.4, 0.5) is 0 Å². The monoisotopic (exact) mass is 248 g/mol. The standard InChI is InChI=1S/C14H24N4/c1-2-17-7-3-4-13(17)10-18-11-15-8-14(18)9-16-12-5-6-12/h8,11-13,16H,2-7,9-10H2,1H3. The first-order valence-electron chi connectivity index (χ1n) is 7.33. The van der Waals surface area contributed by atoms with E-state index in [1.54, 1.807) is 0 Å². The number of rotatable bonds is 6. The minimum absolute atomic E-state index is 0.712. The van der Waals surface area contributed by atoms with Gasteiger partial charge in [-0.1, -0.05) is 6.92 Å². The molecule has 0 spiro atoms. The molecular formula is C14H24N4. The number of likely N-dealkylation sites (N-methyl/N-ethyl adjacent to an activating group) is 1. The van der Waals surface area contributed by atoms with Gasteiger partial charge in [0.05, 0.1) is 12.0 Å². The van der Waals surface area contributed by atoms with Gasteiger partial charge in [0.25, 0.3) is 0 Å². The van der Waals surface area contributed by atoms with E-state index in [1.807, 2.05) is 12.5 Å². The van der Waals surface area contributed by atoms with Crippen LogP contribution < -0.4 is 5.32 Å². The Balaban J connectivity index is 1.59. The van der Waals surface area contributed by atoms with Crippen LogP contribution in [-0.4, -0.2) is 39.6 Å². The lowest BCUT2D eigenvalue weighted by molar-refractivity contribution is 0.242. The smallest absolute Gasteiger partial charge is 0.0949 e. The van der Waals surface area contributed by atoms with E-state index >= 15 is 0 Å². The highest BCUT2D eigenvalue weighted by molar-refractivity contribution is 5.00. The number of nitrogens with one attached hydrogen (secondary N) is 1. The fraction of sp³-hybridized carbons (Fsp3) is 0.786. The van der Waals surface area contributed by atoms with Crippen LogP contribution in [0.25, 0.3) is 0 Å². The van der Waals surface area contributed by atoms with Crippen molar-refractivity contribution >= 4 is 0 Å². The molecule has 0 radical (unpaired) electrons. The summed E-state index contributed by atoms with van der Waals surface area (Å²) >= 11 is 0. The largest absolute Gasteiger partial charge is 0.332 e. The van der Waals surface area contributed by atoms with Crippen molar-refractivity contribution in [3.05, 3.63) is 18.2 Å². The predicted octanol–water partition coefficient (Wildman–Crippen LogP) is 1.62. The van der Waals surface area contributed by atoms with E-state index in [1.165, 1.54) is 44.5 Å². The highest BCUT2D eigenvalue weighted by Gasteiger charge is 2.24. The molecule has 4 nitrogen and oxygen atoms in total. The van der Waals surface area contributed by atoms with E-state index in [-0.39, 0.29) is 0 Å². The lowest BCUT2D eigenvalue weighted by atomic mass is 10.2. The highest BCUT2D eigenvalue weighted by atomic mass is 15.2. The Morgan fingerprint density at radius 2 is 2.28 bits per heavy atom. The molecule has 2 heterocycles. The third kappa shape index (κ3) is 2.75. The minimum atomic E-state index is 0.712. The van der Waals surface area contributed by atoms with Gasteiger partial charge in [-0.05, 0) is 38.8 Å². The predicted molar refractivity (Wildman–Crippen MR) is 72.4 cm³/mol. The Hall–Kier alpha value is -0.870. The van der Waals surface area contributed by atoms with E-state index in [4.69, 9.17) is 0 Å². The number of nitrogens with zero attached hydrogens (tertiary/aromatic N) is 3. The third-order valence-electron chi connectivity index (χ3n) is 4.26. The van der Waals surface area contributed by atoms with Crippen molar-refractivity contribution in [3.63, 3.8) is 0 Å². The molecule has 1 N–H and O–H groups in total. The van der Waals surface area contributed by atoms with Crippen LogP contribution in [0.3, 0.4) is 0 Å². The molecule has 1 aliphatic carbocycles. The van der Waals surface area contributed by atoms with Gasteiger partial charge in [-0.3, -0.25) is 4.90 Å². The van der Waals surface area contributed by atoms with Crippen LogP contribution in [0, 0.1) is 0 Å². The van der Waals surface area contributed by atoms with Crippen LogP contribution in [0.1, 0.15) is 38.3 Å². The quantitative estimate of drug-likeness (QED) is 0.830. The SMILES string of the molecule is CCN1CCCC1Cn1cncc1CNC1CC1. The topological polar surface area (TPSA) is 33.1 Å². The third-order valence-corrected chi connectivity index (χ3v) is 4.26. The molecule has 1 aromatic heterocycles. The van der Waals surface area contributed by atoms with Gasteiger partial charge in [0, 0.05) is 31.4 Å². The summed E-state index contributed by atoms with van der Waals surface area (Å²) in [6.07, 6.45) is 9.39. The number of hydrogen-bond donors (Lipinski definition) is 1. The fourth-order valence-electron chi connectivity index (χ4n) is 2.94. The van der Waals surface area contributed by atoms with Crippen molar-refractivity contribution in [2.45, 2.75) is 57.8 Å². The highest BCUT2D eigenvalue weighted by Crippen LogP contribution is 2.21. The van der Waals surface area contributed by atoms with Crippen molar-refractivity contribution in [3.8, 4) is 0 Å². The molecule has 1 saturated heterocycles. The summed E-state index contributed by atoms with van der Waals surface area (Å²) in [5, 5.41) is 3.58. The molecule has 18 heavy (non-hydrogen) atoms. The number of likely N-dealkylation sites (tertiary alicyclic amines) is 1. The van der Waals surface area contributed by atoms with Gasteiger partial charge in [-0.25, -0.2) is 4.98 Å². The summed E-state index contributed by atoms with van der Waals surface area (Å²) in [6, 6.07) is 1.48. The van der Waals surface area contributed by atoms with E-state index in [9.17, 15) is 0 Å². The van der Waals surface area contributed by atoms with Crippen LogP contribution in [-0.2, 0) is 13.1 Å². The summed E-state index contributed by atoms with van der Waals surface area (Å²) < 4.78 is 2.34. The number of imidazole rings is 1. The van der Waals surface area contributed by atoms with Crippen molar-refractivity contribution in [1.82, 2.24) is 19.8 Å². The molecule has 1 aromatic rings. The number of aromatic nitrogens is 2. The van der Waals surface area contributed by atoms with Gasteiger partial charge in [0.2, 0.25) is 0 Å². The van der Waals surface area contributed by atoms with Gasteiger partial charge < -0.3 is 9.88 Å². The zero-order valence-electron chi connectivity index (χ0n) is 11.3. The van der Waals surface area contributed by atoms with Gasteiger partial charge in [0.1, 0.15) is 0 Å². The summed E-state index contributed by atoms with van der Waals surface area (Å²) in [7, 11) is 0. The Labute approximate surface area is 109 Å². The first-order valence-corrected chi connectivity index (χ1v) is 7.33. The normalized spacial score (nSPS) is 24.8. The average molecular weight is 248 g/mol. The lowest BCUT2D eigenvalue weighted by Gasteiger charge is -2.23. The van der Waals surface area contributed by atoms with E-state index < -0.39 is 0 Å². The van der Waals surface area contributed by atoms with Crippen LogP contribution in [0.2, 0.25) is 0 Å². The molecule has 2 aliphatic rings. The van der Waals surface area contributed by atoms with Gasteiger partial charge in [-0.15, -0.1) is 0 Å². The molecular weight excluding hydrogens is 224 g/mol. The Kier molecular flexibility index (Phi) is 3.66. The molecule has 2 fully saturated rings. The second-order valence-corrected chi connectivity index (χ2v) is 5.62. The Bertz CT molecular complexity index is 383. The zero-order chi connectivity index (χ0) is 12.4. The molecule has 1 saturated carbocycles. The minimum Gasteiger partial charge on any atom is -0.332 e. The van der Waals surface area contributed by atoms with Crippen LogP contribution >= 0.6 is 0 Å². The van der Waals surface area contributed by atoms with E-state index in [2.05, 4.69) is 26.7 Å². The molecule has 0 aromatic carbocycles. The zero-order valence-corrected chi connectivity index (χ0v) is 11.3. The van der Waals surface area contributed by atoms with Crippen LogP contribution in [0.15, 0.2) is 12.5 Å². The Morgan fingerprint density at radius 3 is 3.06 bits per heavy atom. The summed E-state index contributed by atoms with van der Waals surface area (Å²) in [6.45, 7) is 6.79. The summed E-state index contributed by atoms with van der Waals surface area (Å²) in [5.41, 5.74) is 1.34. The summed E-state index contributed by atoms with van der Waals surface area (Å²) in [5.74, 6) is 0. The number of hydrogen-bond acceptors (Lipinski definition) is 3. The fourth-order valence-corrected chi connectivity index (χ4v) is 2.94.